The fourth-order valence-electron chi connectivity index (χ4n) is 0.798. The molecule has 0 bridgehead atoms. The van der Waals surface area contributed by atoms with Gasteiger partial charge in [0.25, 0.3) is 0 Å². The highest BCUT2D eigenvalue weighted by Crippen LogP contribution is 2.02. The standard InChI is InChI=1S/C8H16O2.B3/c1-3-4-5-6-7-8(9)10-2;1-3-2/h3-7H2,1-2H3;. The third kappa shape index (κ3) is 18.5. The normalized spacial score (nSPS) is 8.15. The number of unbranched alkanes of at least 4 members (excludes halogenated alkanes) is 3. The van der Waals surface area contributed by atoms with Crippen molar-refractivity contribution >= 4 is 28.5 Å². The molecule has 0 atom stereocenters. The summed E-state index contributed by atoms with van der Waals surface area (Å²) in [5.74, 6) is -0.0869. The number of methoxy groups -OCH3 is 1. The van der Waals surface area contributed by atoms with Crippen molar-refractivity contribution in [3.8, 4) is 0 Å². The quantitative estimate of drug-likeness (QED) is 0.355. The van der Waals surface area contributed by atoms with Crippen molar-refractivity contribution in [1.29, 1.82) is 0 Å². The molecule has 0 aromatic carbocycles. The summed E-state index contributed by atoms with van der Waals surface area (Å²) in [6.45, 7) is 2.15. The van der Waals surface area contributed by atoms with E-state index in [-0.39, 0.29) is 5.97 Å². The predicted molar refractivity (Wildman–Crippen MR) is 58.0 cm³/mol. The maximum atomic E-state index is 10.6. The van der Waals surface area contributed by atoms with Crippen molar-refractivity contribution in [2.45, 2.75) is 39.0 Å². The highest BCUT2D eigenvalue weighted by Gasteiger charge is 1.97. The molecule has 0 N–H and O–H groups in total. The lowest BCUT2D eigenvalue weighted by Gasteiger charge is -1.97. The molecule has 5 radical (unpaired) electrons. The van der Waals surface area contributed by atoms with E-state index in [4.69, 9.17) is 0 Å². The predicted octanol–water partition coefficient (Wildman–Crippen LogP) is 0.987. The van der Waals surface area contributed by atoms with Gasteiger partial charge in [0.15, 0.2) is 0 Å². The van der Waals surface area contributed by atoms with Crippen LogP contribution in [0.5, 0.6) is 0 Å². The molecule has 0 saturated heterocycles. The molecule has 0 fully saturated rings. The van der Waals surface area contributed by atoms with Crippen LogP contribution < -0.4 is 0 Å². The Morgan fingerprint density at radius 1 is 1.31 bits per heavy atom. The molecule has 5 heteroatoms. The molecular weight excluding hydrogens is 161 g/mol. The Morgan fingerprint density at radius 2 is 1.85 bits per heavy atom. The number of hydrogen-bond donors (Lipinski definition) is 0. The Bertz CT molecular complexity index is 110. The lowest BCUT2D eigenvalue weighted by molar-refractivity contribution is -0.140. The van der Waals surface area contributed by atoms with E-state index >= 15 is 0 Å². The molecule has 0 unspecified atom stereocenters. The van der Waals surface area contributed by atoms with Crippen molar-refractivity contribution in [1.82, 2.24) is 0 Å². The lowest BCUT2D eigenvalue weighted by Crippen LogP contribution is -1.98. The first-order valence-corrected chi connectivity index (χ1v) is 4.54. The van der Waals surface area contributed by atoms with E-state index in [2.05, 4.69) is 27.1 Å². The van der Waals surface area contributed by atoms with E-state index in [9.17, 15) is 4.79 Å². The van der Waals surface area contributed by atoms with Gasteiger partial charge in [-0.1, -0.05) is 26.2 Å². The maximum absolute atomic E-state index is 10.6. The molecular formula is C8H16B3O2. The van der Waals surface area contributed by atoms with E-state index in [0.717, 1.165) is 19.9 Å². The van der Waals surface area contributed by atoms with Gasteiger partial charge in [0.2, 0.25) is 0 Å². The Labute approximate surface area is 84.8 Å². The molecule has 0 saturated carbocycles. The summed E-state index contributed by atoms with van der Waals surface area (Å²) in [5, 5.41) is 0. The molecule has 13 heavy (non-hydrogen) atoms. The van der Waals surface area contributed by atoms with Gasteiger partial charge in [-0.05, 0) is 6.42 Å². The van der Waals surface area contributed by atoms with Crippen LogP contribution in [0.4, 0.5) is 0 Å². The van der Waals surface area contributed by atoms with Gasteiger partial charge in [-0.25, -0.2) is 0 Å². The first-order valence-electron chi connectivity index (χ1n) is 4.54. The minimum Gasteiger partial charge on any atom is -0.469 e. The van der Waals surface area contributed by atoms with Crippen LogP contribution in [-0.4, -0.2) is 35.6 Å². The van der Waals surface area contributed by atoms with Crippen molar-refractivity contribution in [3.63, 3.8) is 0 Å². The summed E-state index contributed by atoms with van der Waals surface area (Å²) in [5.41, 5.74) is 0. The van der Waals surface area contributed by atoms with Crippen LogP contribution in [-0.2, 0) is 9.53 Å². The number of carbonyl (C=O) groups is 1. The first-order chi connectivity index (χ1) is 6.22. The highest BCUT2D eigenvalue weighted by molar-refractivity contribution is 7.17. The molecule has 2 nitrogen and oxygen atoms in total. The lowest BCUT2D eigenvalue weighted by atomic mass is 9.40. The summed E-state index contributed by atoms with van der Waals surface area (Å²) >= 11 is 0. The fourth-order valence-corrected chi connectivity index (χ4v) is 0.798. The molecule has 0 aliphatic rings. The van der Waals surface area contributed by atoms with Crippen LogP contribution in [0, 0.1) is 0 Å². The van der Waals surface area contributed by atoms with Gasteiger partial charge in [-0.15, -0.1) is 0 Å². The molecule has 0 spiro atoms. The van der Waals surface area contributed by atoms with Crippen LogP contribution in [0.15, 0.2) is 0 Å². The molecule has 0 rings (SSSR count). The number of hydrogen-bond acceptors (Lipinski definition) is 2. The number of carbonyl (C=O) groups excluding carboxylic acids is 1. The highest BCUT2D eigenvalue weighted by atomic mass is 16.5. The summed E-state index contributed by atoms with van der Waals surface area (Å²) < 4.78 is 4.49. The summed E-state index contributed by atoms with van der Waals surface area (Å²) in [7, 11) is 11.4. The number of esters is 1. The van der Waals surface area contributed by atoms with Crippen LogP contribution >= 0.6 is 0 Å². The minimum atomic E-state index is -0.0869. The van der Waals surface area contributed by atoms with E-state index in [0.29, 0.717) is 6.42 Å². The zero-order valence-corrected chi connectivity index (χ0v) is 8.58. The molecule has 0 amide bonds. The number of ether oxygens (including phenoxy) is 1. The van der Waals surface area contributed by atoms with Gasteiger partial charge in [0, 0.05) is 29.0 Å². The second kappa shape index (κ2) is 14.2. The minimum absolute atomic E-state index is 0.0869. The SMILES string of the molecule is CCCCCCC(=O)OC.[B][B][B]. The molecule has 0 heterocycles. The molecule has 0 aromatic heterocycles. The van der Waals surface area contributed by atoms with Gasteiger partial charge < -0.3 is 4.74 Å². The van der Waals surface area contributed by atoms with Crippen LogP contribution in [0.1, 0.15) is 39.0 Å². The summed E-state index contributed by atoms with van der Waals surface area (Å²) in [6.07, 6.45) is 5.13. The second-order valence-electron chi connectivity index (χ2n) is 2.58. The van der Waals surface area contributed by atoms with E-state index in [1.807, 2.05) is 0 Å². The molecule has 0 aliphatic heterocycles. The third-order valence-electron chi connectivity index (χ3n) is 1.46. The molecule has 69 valence electrons. The Kier molecular flexibility index (Phi) is 16.6. The van der Waals surface area contributed by atoms with Crippen molar-refractivity contribution in [3.05, 3.63) is 0 Å². The number of rotatable bonds is 5. The Morgan fingerprint density at radius 3 is 2.23 bits per heavy atom. The maximum Gasteiger partial charge on any atom is 0.305 e. The van der Waals surface area contributed by atoms with E-state index in [1.54, 1.807) is 0 Å². The average molecular weight is 177 g/mol. The summed E-state index contributed by atoms with van der Waals surface area (Å²) in [4.78, 5) is 10.6. The van der Waals surface area contributed by atoms with Gasteiger partial charge in [-0.2, -0.15) is 0 Å². The van der Waals surface area contributed by atoms with Gasteiger partial charge in [0.1, 0.15) is 0 Å². The fraction of sp³-hybridized carbons (Fsp3) is 0.875. The first kappa shape index (κ1) is 15.2. The Hall–Kier alpha value is -0.335. The zero-order valence-electron chi connectivity index (χ0n) is 8.58. The van der Waals surface area contributed by atoms with Gasteiger partial charge in [-0.3, -0.25) is 4.79 Å². The third-order valence-corrected chi connectivity index (χ3v) is 1.46. The molecule has 0 aliphatic carbocycles. The second-order valence-corrected chi connectivity index (χ2v) is 2.58. The van der Waals surface area contributed by atoms with Crippen LogP contribution in [0.2, 0.25) is 0 Å². The van der Waals surface area contributed by atoms with Crippen LogP contribution in [0.3, 0.4) is 0 Å². The topological polar surface area (TPSA) is 26.3 Å². The average Bonchev–Trinajstić information content (AvgIpc) is 2.13. The summed E-state index contributed by atoms with van der Waals surface area (Å²) in [6, 6.07) is 0. The Balaban J connectivity index is 0. The molecule has 0 aromatic rings. The van der Waals surface area contributed by atoms with Crippen molar-refractivity contribution in [2.75, 3.05) is 7.11 Å². The van der Waals surface area contributed by atoms with Crippen molar-refractivity contribution in [2.24, 2.45) is 0 Å². The zero-order chi connectivity index (χ0) is 10.5. The van der Waals surface area contributed by atoms with Gasteiger partial charge >= 0.3 is 5.97 Å². The smallest absolute Gasteiger partial charge is 0.305 e. The largest absolute Gasteiger partial charge is 0.469 e. The van der Waals surface area contributed by atoms with E-state index < -0.39 is 0 Å². The van der Waals surface area contributed by atoms with Crippen molar-refractivity contribution < 1.29 is 9.53 Å². The monoisotopic (exact) mass is 177 g/mol. The van der Waals surface area contributed by atoms with E-state index in [1.165, 1.54) is 20.0 Å². The van der Waals surface area contributed by atoms with Gasteiger partial charge in [0.05, 0.1) is 7.11 Å². The van der Waals surface area contributed by atoms with Crippen LogP contribution in [0.25, 0.3) is 0 Å².